The van der Waals surface area contributed by atoms with Gasteiger partial charge in [-0.05, 0) is 30.9 Å². The highest BCUT2D eigenvalue weighted by Crippen LogP contribution is 2.28. The van der Waals surface area contributed by atoms with Gasteiger partial charge < -0.3 is 4.74 Å². The van der Waals surface area contributed by atoms with Crippen LogP contribution in [0.25, 0.3) is 0 Å². The van der Waals surface area contributed by atoms with Crippen molar-refractivity contribution in [3.63, 3.8) is 0 Å². The van der Waals surface area contributed by atoms with E-state index < -0.39 is 0 Å². The number of nitriles is 1. The first-order valence-corrected chi connectivity index (χ1v) is 5.20. The van der Waals surface area contributed by atoms with E-state index in [1.165, 1.54) is 7.11 Å². The first-order chi connectivity index (χ1) is 7.63. The molecule has 0 bridgehead atoms. The zero-order chi connectivity index (χ0) is 12.1. The number of hydrogen-bond donors (Lipinski definition) is 0. The van der Waals surface area contributed by atoms with Gasteiger partial charge in [-0.1, -0.05) is 13.0 Å². The van der Waals surface area contributed by atoms with Crippen molar-refractivity contribution in [2.75, 3.05) is 7.11 Å². The van der Waals surface area contributed by atoms with Crippen LogP contribution in [-0.2, 0) is 0 Å². The van der Waals surface area contributed by atoms with Crippen molar-refractivity contribution in [2.24, 2.45) is 0 Å². The van der Waals surface area contributed by atoms with Crippen LogP contribution in [-0.4, -0.2) is 12.1 Å². The van der Waals surface area contributed by atoms with Crippen molar-refractivity contribution in [1.82, 2.24) is 4.98 Å². The molecule has 1 aromatic heterocycles. The summed E-state index contributed by atoms with van der Waals surface area (Å²) in [5, 5.41) is 9.14. The van der Waals surface area contributed by atoms with Crippen LogP contribution in [0.4, 0.5) is 0 Å². The maximum atomic E-state index is 9.14. The van der Waals surface area contributed by atoms with E-state index in [4.69, 9.17) is 10.00 Å². The van der Waals surface area contributed by atoms with Crippen LogP contribution in [0.1, 0.15) is 36.1 Å². The molecule has 0 N–H and O–H groups in total. The number of methoxy groups -OCH3 is 1. The number of allylic oxidation sites excluding steroid dienone is 1. The lowest BCUT2D eigenvalue weighted by atomic mass is 9.94. The van der Waals surface area contributed by atoms with Gasteiger partial charge in [0, 0.05) is 5.69 Å². The predicted molar refractivity (Wildman–Crippen MR) is 63.5 cm³/mol. The summed E-state index contributed by atoms with van der Waals surface area (Å²) in [5.74, 6) is 0.663. The molecule has 0 amide bonds. The van der Waals surface area contributed by atoms with E-state index >= 15 is 0 Å². The minimum Gasteiger partial charge on any atom is -0.480 e. The van der Waals surface area contributed by atoms with Crippen molar-refractivity contribution >= 4 is 0 Å². The number of aromatic nitrogens is 1. The first kappa shape index (κ1) is 12.3. The summed E-state index contributed by atoms with van der Waals surface area (Å²) in [4.78, 5) is 4.20. The third-order valence-electron chi connectivity index (χ3n) is 2.50. The number of pyridine rings is 1. The second kappa shape index (κ2) is 5.32. The maximum absolute atomic E-state index is 9.14. The maximum Gasteiger partial charge on any atom is 0.231 e. The Balaban J connectivity index is 3.31. The minimum atomic E-state index is 0.253. The molecule has 1 aromatic rings. The molecule has 16 heavy (non-hydrogen) atoms. The molecule has 0 aliphatic heterocycles. The van der Waals surface area contributed by atoms with Crippen LogP contribution in [0, 0.1) is 18.3 Å². The largest absolute Gasteiger partial charge is 0.480 e. The fourth-order valence-corrected chi connectivity index (χ4v) is 1.69. The van der Waals surface area contributed by atoms with Gasteiger partial charge in [-0.15, -0.1) is 6.58 Å². The number of ether oxygens (including phenoxy) is 1. The highest BCUT2D eigenvalue weighted by Gasteiger charge is 2.15. The molecule has 0 spiro atoms. The zero-order valence-electron chi connectivity index (χ0n) is 9.95. The lowest BCUT2D eigenvalue weighted by molar-refractivity contribution is 0.394. The Morgan fingerprint density at radius 2 is 2.38 bits per heavy atom. The standard InChI is InChI=1S/C13H16N2O/c1-5-6-9(2)11-7-10(3)15-13(16-4)12(11)8-14/h5,7,9H,1,6H2,2-4H3. The third-order valence-corrected chi connectivity index (χ3v) is 2.50. The normalized spacial score (nSPS) is 11.6. The topological polar surface area (TPSA) is 45.9 Å². The molecule has 1 heterocycles. The molecule has 1 rings (SSSR count). The summed E-state index contributed by atoms with van der Waals surface area (Å²) >= 11 is 0. The molecular weight excluding hydrogens is 200 g/mol. The summed E-state index contributed by atoms with van der Waals surface area (Å²) in [6.45, 7) is 7.68. The fourth-order valence-electron chi connectivity index (χ4n) is 1.69. The average molecular weight is 216 g/mol. The Morgan fingerprint density at radius 3 is 2.88 bits per heavy atom. The van der Waals surface area contributed by atoms with Crippen molar-refractivity contribution in [3.05, 3.63) is 35.5 Å². The molecule has 0 fully saturated rings. The number of nitrogens with zero attached hydrogens (tertiary/aromatic N) is 2. The van der Waals surface area contributed by atoms with Crippen molar-refractivity contribution in [3.8, 4) is 11.9 Å². The first-order valence-electron chi connectivity index (χ1n) is 5.20. The van der Waals surface area contributed by atoms with Gasteiger partial charge in [0.2, 0.25) is 5.88 Å². The minimum absolute atomic E-state index is 0.253. The van der Waals surface area contributed by atoms with E-state index in [1.807, 2.05) is 19.1 Å². The lowest BCUT2D eigenvalue weighted by Gasteiger charge is -2.14. The third kappa shape index (κ3) is 2.40. The van der Waals surface area contributed by atoms with Gasteiger partial charge in [0.05, 0.1) is 7.11 Å². The highest BCUT2D eigenvalue weighted by atomic mass is 16.5. The molecule has 0 aliphatic rings. The predicted octanol–water partition coefficient (Wildman–Crippen LogP) is 2.95. The summed E-state index contributed by atoms with van der Waals surface area (Å²) < 4.78 is 5.13. The van der Waals surface area contributed by atoms with E-state index in [9.17, 15) is 0 Å². The van der Waals surface area contributed by atoms with Gasteiger partial charge >= 0.3 is 0 Å². The molecule has 1 atom stereocenters. The average Bonchev–Trinajstić information content (AvgIpc) is 2.28. The van der Waals surface area contributed by atoms with E-state index in [0.29, 0.717) is 11.4 Å². The Hall–Kier alpha value is -1.82. The molecule has 0 saturated heterocycles. The molecule has 1 unspecified atom stereocenters. The van der Waals surface area contributed by atoms with Gasteiger partial charge in [0.25, 0.3) is 0 Å². The molecule has 0 saturated carbocycles. The molecule has 0 radical (unpaired) electrons. The van der Waals surface area contributed by atoms with Crippen molar-refractivity contribution in [1.29, 1.82) is 5.26 Å². The van der Waals surface area contributed by atoms with Gasteiger partial charge in [0.1, 0.15) is 11.6 Å². The summed E-state index contributed by atoms with van der Waals surface area (Å²) in [6.07, 6.45) is 2.69. The van der Waals surface area contributed by atoms with Gasteiger partial charge in [0.15, 0.2) is 0 Å². The van der Waals surface area contributed by atoms with Gasteiger partial charge in [-0.25, -0.2) is 4.98 Å². The van der Waals surface area contributed by atoms with Gasteiger partial charge in [-0.2, -0.15) is 5.26 Å². The smallest absolute Gasteiger partial charge is 0.231 e. The SMILES string of the molecule is C=CCC(C)c1cc(C)nc(OC)c1C#N. The zero-order valence-corrected chi connectivity index (χ0v) is 9.95. The second-order valence-corrected chi connectivity index (χ2v) is 3.77. The Labute approximate surface area is 96.4 Å². The molecule has 3 nitrogen and oxygen atoms in total. The van der Waals surface area contributed by atoms with Crippen LogP contribution in [0.15, 0.2) is 18.7 Å². The Morgan fingerprint density at radius 1 is 1.69 bits per heavy atom. The van der Waals surface area contributed by atoms with Crippen LogP contribution < -0.4 is 4.74 Å². The molecular formula is C13H16N2O. The van der Waals surface area contributed by atoms with Crippen LogP contribution in [0.3, 0.4) is 0 Å². The van der Waals surface area contributed by atoms with E-state index in [0.717, 1.165) is 17.7 Å². The van der Waals surface area contributed by atoms with Crippen LogP contribution >= 0.6 is 0 Å². The van der Waals surface area contributed by atoms with Crippen molar-refractivity contribution < 1.29 is 4.74 Å². The second-order valence-electron chi connectivity index (χ2n) is 3.77. The van der Waals surface area contributed by atoms with Crippen LogP contribution in [0.2, 0.25) is 0 Å². The quantitative estimate of drug-likeness (QED) is 0.727. The summed E-state index contributed by atoms with van der Waals surface area (Å²) in [7, 11) is 1.53. The van der Waals surface area contributed by atoms with E-state index in [-0.39, 0.29) is 5.92 Å². The number of rotatable bonds is 4. The molecule has 0 aromatic carbocycles. The highest BCUT2D eigenvalue weighted by molar-refractivity contribution is 5.47. The molecule has 3 heteroatoms. The van der Waals surface area contributed by atoms with Crippen molar-refractivity contribution in [2.45, 2.75) is 26.2 Å². The van der Waals surface area contributed by atoms with Crippen LogP contribution in [0.5, 0.6) is 5.88 Å². The fraction of sp³-hybridized carbons (Fsp3) is 0.385. The summed E-state index contributed by atoms with van der Waals surface area (Å²) in [6, 6.07) is 4.10. The monoisotopic (exact) mass is 216 g/mol. The molecule has 0 aliphatic carbocycles. The molecule has 84 valence electrons. The Kier molecular flexibility index (Phi) is 4.07. The number of hydrogen-bond acceptors (Lipinski definition) is 3. The Bertz CT molecular complexity index is 432. The number of aryl methyl sites for hydroxylation is 1. The summed E-state index contributed by atoms with van der Waals surface area (Å²) in [5.41, 5.74) is 2.37. The van der Waals surface area contributed by atoms with E-state index in [1.54, 1.807) is 0 Å². The lowest BCUT2D eigenvalue weighted by Crippen LogP contribution is -2.02. The van der Waals surface area contributed by atoms with Gasteiger partial charge in [-0.3, -0.25) is 0 Å². The van der Waals surface area contributed by atoms with E-state index in [2.05, 4.69) is 24.6 Å².